The van der Waals surface area contributed by atoms with Crippen LogP contribution in [-0.2, 0) is 4.74 Å². The molecule has 0 N–H and O–H groups in total. The lowest BCUT2D eigenvalue weighted by molar-refractivity contribution is 0.172. The van der Waals surface area contributed by atoms with E-state index >= 15 is 0 Å². The van der Waals surface area contributed by atoms with E-state index in [1.165, 1.54) is 25.3 Å². The predicted molar refractivity (Wildman–Crippen MR) is 97.3 cm³/mol. The standard InChI is InChI=1S/C20H32OSi/c1-16(2)18(13-19(3)14-21-19)20(11-12-20)15-22(4,5)17-9-7-6-8-10-17/h6-10,16,18H,11-15H2,1-5H3. The van der Waals surface area contributed by atoms with Gasteiger partial charge in [0.05, 0.1) is 20.3 Å². The Hall–Kier alpha value is -0.603. The number of rotatable bonds is 7. The Bertz CT molecular complexity index is 512. The minimum atomic E-state index is -1.36. The second-order valence-corrected chi connectivity index (χ2v) is 13.8. The van der Waals surface area contributed by atoms with E-state index in [0.717, 1.165) is 18.4 Å². The van der Waals surface area contributed by atoms with Gasteiger partial charge in [-0.25, -0.2) is 0 Å². The van der Waals surface area contributed by atoms with Crippen LogP contribution in [0.1, 0.15) is 40.0 Å². The molecule has 1 heterocycles. The summed E-state index contributed by atoms with van der Waals surface area (Å²) in [6, 6.07) is 12.7. The van der Waals surface area contributed by atoms with Gasteiger partial charge in [-0.05, 0) is 49.5 Å². The van der Waals surface area contributed by atoms with Crippen LogP contribution in [0.25, 0.3) is 0 Å². The zero-order chi connectivity index (χ0) is 16.0. The third kappa shape index (κ3) is 3.33. The van der Waals surface area contributed by atoms with Gasteiger partial charge in [0.15, 0.2) is 0 Å². The van der Waals surface area contributed by atoms with Crippen LogP contribution >= 0.6 is 0 Å². The molecule has 22 heavy (non-hydrogen) atoms. The van der Waals surface area contributed by atoms with Crippen molar-refractivity contribution in [3.05, 3.63) is 30.3 Å². The van der Waals surface area contributed by atoms with Crippen LogP contribution in [0.4, 0.5) is 0 Å². The summed E-state index contributed by atoms with van der Waals surface area (Å²) < 4.78 is 5.73. The zero-order valence-electron chi connectivity index (χ0n) is 15.0. The molecule has 1 aliphatic heterocycles. The summed E-state index contributed by atoms with van der Waals surface area (Å²) >= 11 is 0. The average Bonchev–Trinajstić information content (AvgIpc) is 3.37. The highest BCUT2D eigenvalue weighted by molar-refractivity contribution is 6.89. The van der Waals surface area contributed by atoms with Crippen LogP contribution in [0.3, 0.4) is 0 Å². The molecule has 2 fully saturated rings. The highest BCUT2D eigenvalue weighted by Gasteiger charge is 2.56. The largest absolute Gasteiger partial charge is 0.370 e. The van der Waals surface area contributed by atoms with Crippen molar-refractivity contribution >= 4 is 13.3 Å². The lowest BCUT2D eigenvalue weighted by Gasteiger charge is -2.37. The first-order valence-electron chi connectivity index (χ1n) is 8.96. The molecule has 2 atom stereocenters. The molecule has 1 aliphatic carbocycles. The van der Waals surface area contributed by atoms with E-state index in [2.05, 4.69) is 64.2 Å². The number of hydrogen-bond donors (Lipinski definition) is 0. The Labute approximate surface area is 137 Å². The Kier molecular flexibility index (Phi) is 4.06. The maximum Gasteiger partial charge on any atom is 0.0891 e. The summed E-state index contributed by atoms with van der Waals surface area (Å²) in [7, 11) is -1.36. The fourth-order valence-electron chi connectivity index (χ4n) is 4.58. The van der Waals surface area contributed by atoms with Crippen molar-refractivity contribution in [3.63, 3.8) is 0 Å². The highest BCUT2D eigenvalue weighted by atomic mass is 28.3. The molecule has 0 amide bonds. The second-order valence-electron chi connectivity index (χ2n) is 9.08. The average molecular weight is 317 g/mol. The van der Waals surface area contributed by atoms with E-state index in [0.29, 0.717) is 5.41 Å². The minimum absolute atomic E-state index is 0.197. The molecule has 1 aromatic rings. The summed E-state index contributed by atoms with van der Waals surface area (Å²) in [4.78, 5) is 0. The van der Waals surface area contributed by atoms with Gasteiger partial charge in [0.2, 0.25) is 0 Å². The van der Waals surface area contributed by atoms with Gasteiger partial charge < -0.3 is 4.74 Å². The molecule has 0 aromatic heterocycles. The third-order valence-electron chi connectivity index (χ3n) is 6.12. The van der Waals surface area contributed by atoms with Crippen LogP contribution in [0, 0.1) is 17.3 Å². The van der Waals surface area contributed by atoms with Gasteiger partial charge in [0.1, 0.15) is 0 Å². The molecular weight excluding hydrogens is 284 g/mol. The van der Waals surface area contributed by atoms with E-state index in [4.69, 9.17) is 4.74 Å². The Morgan fingerprint density at radius 2 is 1.73 bits per heavy atom. The van der Waals surface area contributed by atoms with Gasteiger partial charge in [-0.3, -0.25) is 0 Å². The van der Waals surface area contributed by atoms with Crippen molar-refractivity contribution in [3.8, 4) is 0 Å². The summed E-state index contributed by atoms with van der Waals surface area (Å²) in [6.07, 6.45) is 4.15. The molecular formula is C20H32OSi. The van der Waals surface area contributed by atoms with Gasteiger partial charge in [-0.2, -0.15) is 0 Å². The SMILES string of the molecule is CC(C)C(CC1(C)CO1)C1(C[Si](C)(C)c2ccccc2)CC1. The smallest absolute Gasteiger partial charge is 0.0891 e. The van der Waals surface area contributed by atoms with Crippen molar-refractivity contribution in [1.29, 1.82) is 0 Å². The first-order valence-corrected chi connectivity index (χ1v) is 12.2. The van der Waals surface area contributed by atoms with Crippen LogP contribution < -0.4 is 5.19 Å². The predicted octanol–water partition coefficient (Wildman–Crippen LogP) is 4.83. The maximum absolute atomic E-state index is 5.73. The fourth-order valence-corrected chi connectivity index (χ4v) is 8.25. The van der Waals surface area contributed by atoms with Gasteiger partial charge >= 0.3 is 0 Å². The zero-order valence-corrected chi connectivity index (χ0v) is 16.0. The number of benzene rings is 1. The Morgan fingerprint density at radius 1 is 1.14 bits per heavy atom. The van der Waals surface area contributed by atoms with Gasteiger partial charge in [-0.1, -0.05) is 62.5 Å². The summed E-state index contributed by atoms with van der Waals surface area (Å²) in [5, 5.41) is 1.62. The quantitative estimate of drug-likeness (QED) is 0.518. The maximum atomic E-state index is 5.73. The van der Waals surface area contributed by atoms with Gasteiger partial charge in [-0.15, -0.1) is 0 Å². The van der Waals surface area contributed by atoms with E-state index < -0.39 is 8.07 Å². The molecule has 0 bridgehead atoms. The van der Waals surface area contributed by atoms with Gasteiger partial charge in [0, 0.05) is 0 Å². The molecule has 1 nitrogen and oxygen atoms in total. The van der Waals surface area contributed by atoms with Crippen LogP contribution in [0.2, 0.25) is 19.1 Å². The van der Waals surface area contributed by atoms with Crippen LogP contribution in [0.15, 0.2) is 30.3 Å². The Morgan fingerprint density at radius 3 is 2.18 bits per heavy atom. The molecule has 0 radical (unpaired) electrons. The number of epoxide rings is 1. The van der Waals surface area contributed by atoms with Crippen molar-refractivity contribution in [1.82, 2.24) is 0 Å². The lowest BCUT2D eigenvalue weighted by atomic mass is 9.76. The number of hydrogen-bond acceptors (Lipinski definition) is 1. The van der Waals surface area contributed by atoms with Crippen molar-refractivity contribution in [2.45, 2.75) is 64.8 Å². The topological polar surface area (TPSA) is 12.5 Å². The van der Waals surface area contributed by atoms with Crippen molar-refractivity contribution in [2.75, 3.05) is 6.61 Å². The molecule has 1 saturated carbocycles. The molecule has 0 spiro atoms. The van der Waals surface area contributed by atoms with Crippen LogP contribution in [-0.4, -0.2) is 20.3 Å². The molecule has 3 rings (SSSR count). The molecule has 2 aliphatic rings. The second kappa shape index (κ2) is 5.49. The molecule has 2 unspecified atom stereocenters. The van der Waals surface area contributed by atoms with Gasteiger partial charge in [0.25, 0.3) is 0 Å². The summed E-state index contributed by atoms with van der Waals surface area (Å²) in [5.74, 6) is 1.60. The molecule has 122 valence electrons. The first kappa shape index (κ1) is 16.3. The minimum Gasteiger partial charge on any atom is -0.370 e. The van der Waals surface area contributed by atoms with E-state index in [1.54, 1.807) is 5.19 Å². The lowest BCUT2D eigenvalue weighted by Crippen LogP contribution is -2.45. The molecule has 1 saturated heterocycles. The summed E-state index contributed by atoms with van der Waals surface area (Å²) in [6.45, 7) is 13.3. The first-order chi connectivity index (χ1) is 10.3. The Balaban J connectivity index is 1.77. The molecule has 2 heteroatoms. The highest BCUT2D eigenvalue weighted by Crippen LogP contribution is 2.62. The fraction of sp³-hybridized carbons (Fsp3) is 0.700. The molecule has 1 aromatic carbocycles. The monoisotopic (exact) mass is 316 g/mol. The van der Waals surface area contributed by atoms with E-state index in [9.17, 15) is 0 Å². The third-order valence-corrected chi connectivity index (χ3v) is 9.61. The van der Waals surface area contributed by atoms with E-state index in [-0.39, 0.29) is 5.60 Å². The van der Waals surface area contributed by atoms with Crippen molar-refractivity contribution in [2.24, 2.45) is 17.3 Å². The van der Waals surface area contributed by atoms with Crippen molar-refractivity contribution < 1.29 is 4.74 Å². The van der Waals surface area contributed by atoms with E-state index in [1.807, 2.05) is 0 Å². The van der Waals surface area contributed by atoms with Crippen LogP contribution in [0.5, 0.6) is 0 Å². The summed E-state index contributed by atoms with van der Waals surface area (Å²) in [5.41, 5.74) is 0.803. The normalized spacial score (nSPS) is 27.7. The number of ether oxygens (including phenoxy) is 1.